The predicted octanol–water partition coefficient (Wildman–Crippen LogP) is 5.42. The molecule has 1 aromatic rings. The van der Waals surface area contributed by atoms with Crippen molar-refractivity contribution in [2.24, 2.45) is 5.92 Å². The number of fused-ring (bicyclic) bond motifs is 3. The van der Waals surface area contributed by atoms with Crippen LogP contribution in [0.2, 0.25) is 0 Å². The van der Waals surface area contributed by atoms with Crippen LogP contribution in [0.5, 0.6) is 0 Å². The van der Waals surface area contributed by atoms with E-state index >= 15 is 0 Å². The van der Waals surface area contributed by atoms with Crippen LogP contribution in [0, 0.1) is 5.92 Å². The van der Waals surface area contributed by atoms with Crippen molar-refractivity contribution < 1.29 is 9.53 Å². The van der Waals surface area contributed by atoms with E-state index in [4.69, 9.17) is 4.74 Å². The Kier molecular flexibility index (Phi) is 6.46. The second kappa shape index (κ2) is 8.64. The van der Waals surface area contributed by atoms with Crippen LogP contribution in [0.15, 0.2) is 30.3 Å². The average Bonchev–Trinajstić information content (AvgIpc) is 3.06. The van der Waals surface area contributed by atoms with E-state index in [1.165, 1.54) is 38.5 Å². The van der Waals surface area contributed by atoms with Crippen molar-refractivity contribution in [1.29, 1.82) is 0 Å². The summed E-state index contributed by atoms with van der Waals surface area (Å²) in [6, 6.07) is 11.1. The number of carbonyl (C=O) groups excluding carboxylic acids is 1. The highest BCUT2D eigenvalue weighted by molar-refractivity contribution is 5.69. The summed E-state index contributed by atoms with van der Waals surface area (Å²) in [5.41, 5.74) is 0.791. The smallest absolute Gasteiger partial charge is 0.411 e. The lowest BCUT2D eigenvalue weighted by Crippen LogP contribution is -2.54. The summed E-state index contributed by atoms with van der Waals surface area (Å²) in [4.78, 5) is 17.4. The van der Waals surface area contributed by atoms with Gasteiger partial charge in [0.15, 0.2) is 0 Å². The molecule has 3 atom stereocenters. The monoisotopic (exact) mass is 372 g/mol. The zero-order valence-electron chi connectivity index (χ0n) is 17.5. The number of rotatable bonds is 2. The Morgan fingerprint density at radius 2 is 1.81 bits per heavy atom. The minimum atomic E-state index is -0.248. The molecule has 2 aliphatic heterocycles. The molecule has 3 aliphatic rings. The Labute approximate surface area is 164 Å². The largest absolute Gasteiger partial charge is 0.445 e. The topological polar surface area (TPSA) is 32.8 Å². The van der Waals surface area contributed by atoms with Crippen molar-refractivity contribution in [3.05, 3.63) is 35.9 Å². The molecule has 0 bridgehead atoms. The fourth-order valence-electron chi connectivity index (χ4n) is 5.42. The molecule has 150 valence electrons. The van der Waals surface area contributed by atoms with Gasteiger partial charge >= 0.3 is 6.09 Å². The first-order chi connectivity index (χ1) is 13.1. The molecule has 4 nitrogen and oxygen atoms in total. The highest BCUT2D eigenvalue weighted by atomic mass is 16.6. The van der Waals surface area contributed by atoms with E-state index in [2.05, 4.69) is 18.7 Å². The van der Waals surface area contributed by atoms with E-state index < -0.39 is 0 Å². The maximum Gasteiger partial charge on any atom is 0.411 e. The second-order valence-corrected chi connectivity index (χ2v) is 8.41. The van der Waals surface area contributed by atoms with Crippen molar-refractivity contribution in [3.63, 3.8) is 0 Å². The molecule has 1 amide bonds. The van der Waals surface area contributed by atoms with Crippen LogP contribution in [-0.2, 0) is 11.3 Å². The molecule has 3 fully saturated rings. The van der Waals surface area contributed by atoms with Gasteiger partial charge in [0.1, 0.15) is 6.61 Å². The lowest BCUT2D eigenvalue weighted by atomic mass is 9.93. The van der Waals surface area contributed by atoms with Gasteiger partial charge in [-0.05, 0) is 44.6 Å². The standard InChI is InChI=1S/C21H30N2O2.C2H6/c1-21(2)22(20(24)25-15-16-9-5-3-6-10-16)14-18-13-17-11-7-4-8-12-19(17)23(18)21;1-2/h3,5-6,9-10,17-19H,4,7-8,11-15H2,1-2H3;1-2H3/t17-,18-,19+;/m0./s1. The number of hydrogen-bond donors (Lipinski definition) is 0. The van der Waals surface area contributed by atoms with Crippen LogP contribution in [0.25, 0.3) is 0 Å². The molecule has 1 saturated carbocycles. The van der Waals surface area contributed by atoms with E-state index in [1.54, 1.807) is 0 Å². The normalized spacial score (nSPS) is 29.2. The third kappa shape index (κ3) is 4.01. The van der Waals surface area contributed by atoms with Gasteiger partial charge in [0, 0.05) is 18.6 Å². The molecule has 1 aromatic carbocycles. The number of carbonyl (C=O) groups is 1. The Morgan fingerprint density at radius 1 is 1.11 bits per heavy atom. The molecule has 0 radical (unpaired) electrons. The second-order valence-electron chi connectivity index (χ2n) is 8.41. The molecule has 4 rings (SSSR count). The van der Waals surface area contributed by atoms with E-state index in [0.29, 0.717) is 18.7 Å². The van der Waals surface area contributed by atoms with Crippen LogP contribution < -0.4 is 0 Å². The van der Waals surface area contributed by atoms with Gasteiger partial charge in [0.25, 0.3) is 0 Å². The SMILES string of the molecule is CC.CC1(C)N(C(=O)OCc2ccccc2)C[C@@H]2C[C@@H]3CCCCC[C@H]3N21. The predicted molar refractivity (Wildman–Crippen MR) is 109 cm³/mol. The van der Waals surface area contributed by atoms with Crippen molar-refractivity contribution in [2.75, 3.05) is 6.54 Å². The number of hydrogen-bond acceptors (Lipinski definition) is 3. The Balaban J connectivity index is 0.00000102. The van der Waals surface area contributed by atoms with Gasteiger partial charge in [0.2, 0.25) is 0 Å². The van der Waals surface area contributed by atoms with Gasteiger partial charge < -0.3 is 4.74 Å². The summed E-state index contributed by atoms with van der Waals surface area (Å²) >= 11 is 0. The van der Waals surface area contributed by atoms with Gasteiger partial charge in [-0.2, -0.15) is 0 Å². The number of amides is 1. The van der Waals surface area contributed by atoms with E-state index in [9.17, 15) is 4.79 Å². The van der Waals surface area contributed by atoms with Gasteiger partial charge in [-0.1, -0.05) is 63.4 Å². The molecule has 0 N–H and O–H groups in total. The van der Waals surface area contributed by atoms with Gasteiger partial charge in [0.05, 0.1) is 5.66 Å². The summed E-state index contributed by atoms with van der Waals surface area (Å²) in [7, 11) is 0. The highest BCUT2D eigenvalue weighted by Crippen LogP contribution is 2.47. The quantitative estimate of drug-likeness (QED) is 0.694. The Morgan fingerprint density at radius 3 is 2.56 bits per heavy atom. The van der Waals surface area contributed by atoms with Crippen LogP contribution in [0.4, 0.5) is 4.79 Å². The maximum absolute atomic E-state index is 12.8. The molecule has 0 aromatic heterocycles. The maximum atomic E-state index is 12.8. The molecule has 0 spiro atoms. The lowest BCUT2D eigenvalue weighted by molar-refractivity contribution is 0.00487. The van der Waals surface area contributed by atoms with Gasteiger partial charge in [-0.3, -0.25) is 9.80 Å². The van der Waals surface area contributed by atoms with Crippen LogP contribution in [-0.4, -0.2) is 40.2 Å². The first kappa shape index (κ1) is 20.2. The van der Waals surface area contributed by atoms with Gasteiger partial charge in [-0.15, -0.1) is 0 Å². The van der Waals surface area contributed by atoms with Crippen molar-refractivity contribution >= 4 is 6.09 Å². The zero-order valence-corrected chi connectivity index (χ0v) is 17.5. The summed E-state index contributed by atoms with van der Waals surface area (Å²) in [6.45, 7) is 9.56. The molecule has 0 unspecified atom stereocenters. The molecule has 27 heavy (non-hydrogen) atoms. The first-order valence-corrected chi connectivity index (χ1v) is 10.8. The van der Waals surface area contributed by atoms with Gasteiger partial charge in [-0.25, -0.2) is 4.79 Å². The molecule has 1 aliphatic carbocycles. The summed E-state index contributed by atoms with van der Waals surface area (Å²) < 4.78 is 5.63. The van der Waals surface area contributed by atoms with Crippen molar-refractivity contribution in [3.8, 4) is 0 Å². The Hall–Kier alpha value is -1.55. The molecular formula is C23H36N2O2. The van der Waals surface area contributed by atoms with E-state index in [-0.39, 0.29) is 11.8 Å². The summed E-state index contributed by atoms with van der Waals surface area (Å²) in [6.07, 6.45) is 7.81. The highest BCUT2D eigenvalue weighted by Gasteiger charge is 2.56. The zero-order chi connectivity index (χ0) is 19.4. The molecule has 2 heterocycles. The third-order valence-corrected chi connectivity index (χ3v) is 6.56. The van der Waals surface area contributed by atoms with E-state index in [1.807, 2.05) is 49.1 Å². The minimum absolute atomic E-state index is 0.173. The van der Waals surface area contributed by atoms with E-state index in [0.717, 1.165) is 18.0 Å². The fourth-order valence-corrected chi connectivity index (χ4v) is 5.42. The Bertz CT molecular complexity index is 616. The lowest BCUT2D eigenvalue weighted by Gasteiger charge is -2.41. The molecule has 4 heteroatoms. The molecular weight excluding hydrogens is 336 g/mol. The van der Waals surface area contributed by atoms with Crippen LogP contribution >= 0.6 is 0 Å². The summed E-state index contributed by atoms with van der Waals surface area (Å²) in [5.74, 6) is 0.828. The van der Waals surface area contributed by atoms with Crippen molar-refractivity contribution in [1.82, 2.24) is 9.80 Å². The first-order valence-electron chi connectivity index (χ1n) is 10.8. The fraction of sp³-hybridized carbons (Fsp3) is 0.696. The number of ether oxygens (including phenoxy) is 1. The van der Waals surface area contributed by atoms with Crippen molar-refractivity contribution in [2.45, 2.75) is 90.6 Å². The average molecular weight is 373 g/mol. The van der Waals surface area contributed by atoms with Crippen LogP contribution in [0.3, 0.4) is 0 Å². The summed E-state index contributed by atoms with van der Waals surface area (Å²) in [5, 5.41) is 0. The molecule has 2 saturated heterocycles. The number of benzene rings is 1. The number of nitrogens with zero attached hydrogens (tertiary/aromatic N) is 2. The van der Waals surface area contributed by atoms with Crippen LogP contribution in [0.1, 0.15) is 71.8 Å². The minimum Gasteiger partial charge on any atom is -0.445 e. The third-order valence-electron chi connectivity index (χ3n) is 6.56.